The average molecular weight is 278 g/mol. The monoisotopic (exact) mass is 278 g/mol. The first-order valence-electron chi connectivity index (χ1n) is 7.76. The average Bonchev–Trinajstić information content (AvgIpc) is 2.86. The van der Waals surface area contributed by atoms with Crippen LogP contribution in [0.5, 0.6) is 0 Å². The van der Waals surface area contributed by atoms with Crippen LogP contribution in [0, 0.1) is 11.2 Å². The van der Waals surface area contributed by atoms with Gasteiger partial charge in [-0.25, -0.2) is 4.39 Å². The Kier molecular flexibility index (Phi) is 4.82. The van der Waals surface area contributed by atoms with E-state index >= 15 is 0 Å². The van der Waals surface area contributed by atoms with Crippen molar-refractivity contribution in [2.45, 2.75) is 52.1 Å². The van der Waals surface area contributed by atoms with E-state index in [9.17, 15) is 4.39 Å². The molecule has 20 heavy (non-hydrogen) atoms. The minimum absolute atomic E-state index is 0.0463. The topological polar surface area (TPSA) is 29.3 Å². The summed E-state index contributed by atoms with van der Waals surface area (Å²) >= 11 is 0. The van der Waals surface area contributed by atoms with E-state index in [0.29, 0.717) is 5.41 Å². The third-order valence-corrected chi connectivity index (χ3v) is 5.07. The second kappa shape index (κ2) is 6.23. The normalized spacial score (nSPS) is 21.9. The van der Waals surface area contributed by atoms with E-state index < -0.39 is 0 Å². The fraction of sp³-hybridized carbons (Fsp3) is 0.647. The molecule has 2 unspecified atom stereocenters. The molecule has 0 spiro atoms. The van der Waals surface area contributed by atoms with Gasteiger partial charge in [0.2, 0.25) is 0 Å². The van der Waals surface area contributed by atoms with Crippen LogP contribution in [0.15, 0.2) is 24.3 Å². The first kappa shape index (κ1) is 15.5. The van der Waals surface area contributed by atoms with Crippen LogP contribution < -0.4 is 5.73 Å². The summed E-state index contributed by atoms with van der Waals surface area (Å²) in [6, 6.07) is 7.06. The predicted octanol–water partition coefficient (Wildman–Crippen LogP) is 3.73. The number of nitrogens with two attached hydrogens (primary N) is 1. The molecule has 0 aromatic heterocycles. The lowest BCUT2D eigenvalue weighted by Gasteiger charge is -2.34. The molecule has 0 saturated carbocycles. The summed E-state index contributed by atoms with van der Waals surface area (Å²) in [6.45, 7) is 8.80. The lowest BCUT2D eigenvalue weighted by Crippen LogP contribution is -2.39. The summed E-state index contributed by atoms with van der Waals surface area (Å²) in [7, 11) is 0. The van der Waals surface area contributed by atoms with E-state index in [1.165, 1.54) is 31.4 Å². The Balaban J connectivity index is 2.20. The second-order valence-corrected chi connectivity index (χ2v) is 6.28. The van der Waals surface area contributed by atoms with Crippen molar-refractivity contribution in [3.05, 3.63) is 35.6 Å². The van der Waals surface area contributed by atoms with Gasteiger partial charge in [-0.3, -0.25) is 4.90 Å². The fourth-order valence-electron chi connectivity index (χ4n) is 3.54. The van der Waals surface area contributed by atoms with Gasteiger partial charge < -0.3 is 5.73 Å². The molecular formula is C17H27FN2. The van der Waals surface area contributed by atoms with Gasteiger partial charge in [-0.15, -0.1) is 0 Å². The highest BCUT2D eigenvalue weighted by Crippen LogP contribution is 2.41. The SMILES string of the molecule is CCC1(CC)CCN(C(c2ccc(F)cc2)C(C)N)C1. The van der Waals surface area contributed by atoms with Crippen LogP contribution in [-0.2, 0) is 0 Å². The Bertz CT molecular complexity index is 423. The van der Waals surface area contributed by atoms with Crippen molar-refractivity contribution in [1.82, 2.24) is 4.90 Å². The molecule has 2 N–H and O–H groups in total. The minimum Gasteiger partial charge on any atom is -0.326 e. The Hall–Kier alpha value is -0.930. The van der Waals surface area contributed by atoms with Crippen LogP contribution >= 0.6 is 0 Å². The van der Waals surface area contributed by atoms with Crippen molar-refractivity contribution in [1.29, 1.82) is 0 Å². The molecule has 1 aromatic carbocycles. The number of rotatable bonds is 5. The molecule has 0 radical (unpaired) electrons. The highest BCUT2D eigenvalue weighted by Gasteiger charge is 2.39. The van der Waals surface area contributed by atoms with E-state index in [2.05, 4.69) is 18.7 Å². The molecular weight excluding hydrogens is 251 g/mol. The first-order chi connectivity index (χ1) is 9.51. The molecule has 0 amide bonds. The first-order valence-corrected chi connectivity index (χ1v) is 7.76. The Morgan fingerprint density at radius 2 is 1.85 bits per heavy atom. The zero-order chi connectivity index (χ0) is 14.8. The standard InChI is InChI=1S/C17H27FN2/c1-4-17(5-2)10-11-20(12-17)16(13(3)19)14-6-8-15(18)9-7-14/h6-9,13,16H,4-5,10-12,19H2,1-3H3. The fourth-order valence-corrected chi connectivity index (χ4v) is 3.54. The van der Waals surface area contributed by atoms with Crippen molar-refractivity contribution in [2.24, 2.45) is 11.1 Å². The molecule has 1 aliphatic heterocycles. The predicted molar refractivity (Wildman–Crippen MR) is 82.0 cm³/mol. The van der Waals surface area contributed by atoms with E-state index in [-0.39, 0.29) is 17.9 Å². The van der Waals surface area contributed by atoms with Gasteiger partial charge in [-0.1, -0.05) is 26.0 Å². The molecule has 112 valence electrons. The van der Waals surface area contributed by atoms with Crippen molar-refractivity contribution in [2.75, 3.05) is 13.1 Å². The molecule has 1 aromatic rings. The summed E-state index contributed by atoms with van der Waals surface area (Å²) in [6.07, 6.45) is 3.68. The summed E-state index contributed by atoms with van der Waals surface area (Å²) in [5, 5.41) is 0. The number of benzene rings is 1. The second-order valence-electron chi connectivity index (χ2n) is 6.28. The molecule has 1 heterocycles. The van der Waals surface area contributed by atoms with Gasteiger partial charge in [0.05, 0.1) is 0 Å². The van der Waals surface area contributed by atoms with Gasteiger partial charge in [-0.2, -0.15) is 0 Å². The molecule has 1 aliphatic rings. The van der Waals surface area contributed by atoms with Crippen molar-refractivity contribution in [3.8, 4) is 0 Å². The molecule has 2 rings (SSSR count). The van der Waals surface area contributed by atoms with Crippen LogP contribution in [0.3, 0.4) is 0 Å². The van der Waals surface area contributed by atoms with Crippen LogP contribution in [0.25, 0.3) is 0 Å². The molecule has 0 aliphatic carbocycles. The number of halogens is 1. The van der Waals surface area contributed by atoms with Crippen LogP contribution in [0.4, 0.5) is 4.39 Å². The highest BCUT2D eigenvalue weighted by molar-refractivity contribution is 5.22. The van der Waals surface area contributed by atoms with Gasteiger partial charge in [0.25, 0.3) is 0 Å². The number of likely N-dealkylation sites (tertiary alicyclic amines) is 1. The summed E-state index contributed by atoms with van der Waals surface area (Å²) in [5.41, 5.74) is 7.79. The van der Waals surface area contributed by atoms with E-state index in [0.717, 1.165) is 18.7 Å². The summed E-state index contributed by atoms with van der Waals surface area (Å²) in [4.78, 5) is 2.49. The van der Waals surface area contributed by atoms with Gasteiger partial charge in [0, 0.05) is 18.6 Å². The lowest BCUT2D eigenvalue weighted by molar-refractivity contribution is 0.178. The molecule has 1 fully saturated rings. The lowest BCUT2D eigenvalue weighted by atomic mass is 9.82. The maximum atomic E-state index is 13.1. The smallest absolute Gasteiger partial charge is 0.123 e. The van der Waals surface area contributed by atoms with E-state index in [1.54, 1.807) is 0 Å². The Morgan fingerprint density at radius 1 is 1.25 bits per heavy atom. The third kappa shape index (κ3) is 3.04. The van der Waals surface area contributed by atoms with E-state index in [1.807, 2.05) is 19.1 Å². The molecule has 3 heteroatoms. The Morgan fingerprint density at radius 3 is 2.30 bits per heavy atom. The Labute approximate surface area is 122 Å². The highest BCUT2D eigenvalue weighted by atomic mass is 19.1. The summed E-state index contributed by atoms with van der Waals surface area (Å²) < 4.78 is 13.1. The third-order valence-electron chi connectivity index (χ3n) is 5.07. The number of hydrogen-bond donors (Lipinski definition) is 1. The van der Waals surface area contributed by atoms with Gasteiger partial charge in [0.1, 0.15) is 5.82 Å². The minimum atomic E-state index is -0.185. The molecule has 0 bridgehead atoms. The molecule has 2 atom stereocenters. The maximum Gasteiger partial charge on any atom is 0.123 e. The van der Waals surface area contributed by atoms with Crippen LogP contribution in [0.1, 0.15) is 51.6 Å². The summed E-state index contributed by atoms with van der Waals surface area (Å²) in [5.74, 6) is -0.185. The molecule has 2 nitrogen and oxygen atoms in total. The zero-order valence-electron chi connectivity index (χ0n) is 12.9. The van der Waals surface area contributed by atoms with E-state index in [4.69, 9.17) is 5.73 Å². The quantitative estimate of drug-likeness (QED) is 0.889. The largest absolute Gasteiger partial charge is 0.326 e. The van der Waals surface area contributed by atoms with Gasteiger partial charge in [-0.05, 0) is 55.8 Å². The van der Waals surface area contributed by atoms with Gasteiger partial charge in [0.15, 0.2) is 0 Å². The zero-order valence-corrected chi connectivity index (χ0v) is 12.9. The number of nitrogens with zero attached hydrogens (tertiary/aromatic N) is 1. The van der Waals surface area contributed by atoms with Crippen LogP contribution in [0.2, 0.25) is 0 Å². The maximum absolute atomic E-state index is 13.1. The molecule has 1 saturated heterocycles. The van der Waals surface area contributed by atoms with Crippen LogP contribution in [-0.4, -0.2) is 24.0 Å². The van der Waals surface area contributed by atoms with Gasteiger partial charge >= 0.3 is 0 Å². The van der Waals surface area contributed by atoms with Crippen molar-refractivity contribution >= 4 is 0 Å². The van der Waals surface area contributed by atoms with Crippen molar-refractivity contribution < 1.29 is 4.39 Å². The van der Waals surface area contributed by atoms with Crippen molar-refractivity contribution in [3.63, 3.8) is 0 Å². The number of hydrogen-bond acceptors (Lipinski definition) is 2.